The summed E-state index contributed by atoms with van der Waals surface area (Å²) in [5.74, 6) is 0. The predicted octanol–water partition coefficient (Wildman–Crippen LogP) is 5.21. The lowest BCUT2D eigenvalue weighted by molar-refractivity contribution is -0.384. The van der Waals surface area contributed by atoms with Crippen molar-refractivity contribution in [3.05, 3.63) is 61.3 Å². The maximum atomic E-state index is 10.7. The van der Waals surface area contributed by atoms with Gasteiger partial charge in [0.15, 0.2) is 0 Å². The van der Waals surface area contributed by atoms with Crippen molar-refractivity contribution in [2.45, 2.75) is 36.9 Å². The summed E-state index contributed by atoms with van der Waals surface area (Å²) in [7, 11) is 0. The zero-order chi connectivity index (χ0) is 14.8. The molecule has 110 valence electrons. The number of nitro benzene ring substituents is 1. The lowest BCUT2D eigenvalue weighted by Crippen LogP contribution is -1.96. The van der Waals surface area contributed by atoms with Crippen molar-refractivity contribution in [1.29, 1.82) is 0 Å². The van der Waals surface area contributed by atoms with Crippen molar-refractivity contribution >= 4 is 33.0 Å². The molecule has 0 aliphatic heterocycles. The van der Waals surface area contributed by atoms with Crippen LogP contribution >= 0.6 is 27.3 Å². The molecule has 3 nitrogen and oxygen atoms in total. The molecule has 5 heteroatoms. The summed E-state index contributed by atoms with van der Waals surface area (Å²) in [4.78, 5) is 13.5. The first-order valence-electron chi connectivity index (χ1n) is 7.12. The average Bonchev–Trinajstić information content (AvgIpc) is 2.92. The van der Waals surface area contributed by atoms with Crippen LogP contribution in [0, 0.1) is 10.1 Å². The average molecular weight is 366 g/mol. The van der Waals surface area contributed by atoms with Gasteiger partial charge in [0.2, 0.25) is 0 Å². The molecule has 0 bridgehead atoms. The van der Waals surface area contributed by atoms with Crippen LogP contribution in [0.3, 0.4) is 0 Å². The third-order valence-corrected chi connectivity index (χ3v) is 6.36. The molecule has 0 fully saturated rings. The van der Waals surface area contributed by atoms with Crippen molar-refractivity contribution in [3.63, 3.8) is 0 Å². The molecule has 0 amide bonds. The smallest absolute Gasteiger partial charge is 0.258 e. The summed E-state index contributed by atoms with van der Waals surface area (Å²) < 4.78 is 0. The zero-order valence-electron chi connectivity index (χ0n) is 11.5. The van der Waals surface area contributed by atoms with Gasteiger partial charge in [0.1, 0.15) is 0 Å². The van der Waals surface area contributed by atoms with E-state index in [-0.39, 0.29) is 15.4 Å². The SMILES string of the molecule is O=[N+]([O-])c1ccc(CC(Br)c2cc3c(s2)CCCC3)cc1. The van der Waals surface area contributed by atoms with E-state index < -0.39 is 0 Å². The van der Waals surface area contributed by atoms with Gasteiger partial charge in [0, 0.05) is 21.9 Å². The minimum atomic E-state index is -0.358. The van der Waals surface area contributed by atoms with Gasteiger partial charge in [-0.1, -0.05) is 28.1 Å². The molecule has 1 aromatic carbocycles. The quantitative estimate of drug-likeness (QED) is 0.423. The molecule has 0 saturated heterocycles. The maximum Gasteiger partial charge on any atom is 0.269 e. The molecular weight excluding hydrogens is 350 g/mol. The van der Waals surface area contributed by atoms with E-state index in [0.29, 0.717) is 0 Å². The number of hydrogen-bond acceptors (Lipinski definition) is 3. The normalized spacial score (nSPS) is 15.5. The highest BCUT2D eigenvalue weighted by atomic mass is 79.9. The molecular formula is C16H16BrNO2S. The number of nitrogens with zero attached hydrogens (tertiary/aromatic N) is 1. The van der Waals surface area contributed by atoms with Crippen molar-refractivity contribution in [1.82, 2.24) is 0 Å². The number of rotatable bonds is 4. The van der Waals surface area contributed by atoms with Gasteiger partial charge < -0.3 is 0 Å². The highest BCUT2D eigenvalue weighted by molar-refractivity contribution is 9.09. The molecule has 0 radical (unpaired) electrons. The second-order valence-corrected chi connectivity index (χ2v) is 7.67. The van der Waals surface area contributed by atoms with Crippen molar-refractivity contribution in [2.24, 2.45) is 0 Å². The van der Waals surface area contributed by atoms with Crippen LogP contribution < -0.4 is 0 Å². The minimum Gasteiger partial charge on any atom is -0.258 e. The second-order valence-electron chi connectivity index (χ2n) is 5.40. The molecule has 2 aromatic rings. The highest BCUT2D eigenvalue weighted by Gasteiger charge is 2.18. The number of fused-ring (bicyclic) bond motifs is 1. The van der Waals surface area contributed by atoms with Crippen LogP contribution in [0.2, 0.25) is 0 Å². The number of benzene rings is 1. The van der Waals surface area contributed by atoms with E-state index in [1.165, 1.54) is 36.1 Å². The van der Waals surface area contributed by atoms with E-state index in [9.17, 15) is 10.1 Å². The lowest BCUT2D eigenvalue weighted by Gasteiger charge is -2.08. The molecule has 1 aliphatic carbocycles. The third kappa shape index (κ3) is 3.35. The van der Waals surface area contributed by atoms with Gasteiger partial charge in [-0.15, -0.1) is 11.3 Å². The third-order valence-electron chi connectivity index (χ3n) is 3.89. The Kier molecular flexibility index (Phi) is 4.40. The van der Waals surface area contributed by atoms with Gasteiger partial charge in [-0.2, -0.15) is 0 Å². The molecule has 0 saturated carbocycles. The van der Waals surface area contributed by atoms with Gasteiger partial charge in [0.05, 0.1) is 9.75 Å². The Labute approximate surface area is 136 Å². The monoisotopic (exact) mass is 365 g/mol. The Bertz CT molecular complexity index is 627. The van der Waals surface area contributed by atoms with Crippen LogP contribution in [0.4, 0.5) is 5.69 Å². The highest BCUT2D eigenvalue weighted by Crippen LogP contribution is 2.37. The molecule has 1 aliphatic rings. The Morgan fingerprint density at radius 1 is 1.24 bits per heavy atom. The first kappa shape index (κ1) is 14.7. The number of hydrogen-bond donors (Lipinski definition) is 0. The van der Waals surface area contributed by atoms with Gasteiger partial charge in [-0.25, -0.2) is 0 Å². The lowest BCUT2D eigenvalue weighted by atomic mass is 9.99. The first-order valence-corrected chi connectivity index (χ1v) is 8.85. The van der Waals surface area contributed by atoms with Gasteiger partial charge in [0.25, 0.3) is 5.69 Å². The summed E-state index contributed by atoms with van der Waals surface area (Å²) in [6.07, 6.45) is 5.90. The predicted molar refractivity (Wildman–Crippen MR) is 89.4 cm³/mol. The fraction of sp³-hybridized carbons (Fsp3) is 0.375. The summed E-state index contributed by atoms with van der Waals surface area (Å²) in [5, 5.41) is 10.7. The van der Waals surface area contributed by atoms with Gasteiger partial charge in [-0.05, 0) is 49.3 Å². The maximum absolute atomic E-state index is 10.7. The van der Waals surface area contributed by atoms with Crippen molar-refractivity contribution in [3.8, 4) is 0 Å². The minimum absolute atomic E-state index is 0.150. The van der Waals surface area contributed by atoms with Crippen molar-refractivity contribution in [2.75, 3.05) is 0 Å². The molecule has 1 atom stereocenters. The molecule has 0 spiro atoms. The van der Waals surface area contributed by atoms with E-state index in [0.717, 1.165) is 12.0 Å². The van der Waals surface area contributed by atoms with E-state index in [1.54, 1.807) is 17.0 Å². The van der Waals surface area contributed by atoms with E-state index >= 15 is 0 Å². The van der Waals surface area contributed by atoms with E-state index in [1.807, 2.05) is 23.5 Å². The van der Waals surface area contributed by atoms with Crippen LogP contribution in [-0.4, -0.2) is 4.92 Å². The summed E-state index contributed by atoms with van der Waals surface area (Å²) in [5.41, 5.74) is 2.79. The number of halogens is 1. The van der Waals surface area contributed by atoms with Gasteiger partial charge >= 0.3 is 0 Å². The van der Waals surface area contributed by atoms with Crippen LogP contribution in [0.5, 0.6) is 0 Å². The van der Waals surface area contributed by atoms with Crippen LogP contribution in [0.15, 0.2) is 30.3 Å². The summed E-state index contributed by atoms with van der Waals surface area (Å²) >= 11 is 5.69. The number of thiophene rings is 1. The fourth-order valence-corrected chi connectivity index (χ4v) is 4.75. The number of aryl methyl sites for hydroxylation is 2. The van der Waals surface area contributed by atoms with Crippen LogP contribution in [-0.2, 0) is 19.3 Å². The molecule has 3 rings (SSSR count). The molecule has 1 heterocycles. The Morgan fingerprint density at radius 3 is 2.62 bits per heavy atom. The largest absolute Gasteiger partial charge is 0.269 e. The zero-order valence-corrected chi connectivity index (χ0v) is 14.0. The molecule has 0 N–H and O–H groups in total. The van der Waals surface area contributed by atoms with Gasteiger partial charge in [-0.3, -0.25) is 10.1 Å². The number of nitro groups is 1. The molecule has 1 aromatic heterocycles. The van der Waals surface area contributed by atoms with E-state index in [4.69, 9.17) is 0 Å². The Balaban J connectivity index is 1.72. The summed E-state index contributed by atoms with van der Waals surface area (Å²) in [6, 6.07) is 9.19. The molecule has 21 heavy (non-hydrogen) atoms. The fourth-order valence-electron chi connectivity index (χ4n) is 2.73. The van der Waals surface area contributed by atoms with Crippen LogP contribution in [0.1, 0.15) is 38.6 Å². The van der Waals surface area contributed by atoms with Crippen molar-refractivity contribution < 1.29 is 4.92 Å². The topological polar surface area (TPSA) is 43.1 Å². The molecule has 1 unspecified atom stereocenters. The Morgan fingerprint density at radius 2 is 1.95 bits per heavy atom. The number of alkyl halides is 1. The second kappa shape index (κ2) is 6.28. The summed E-state index contributed by atoms with van der Waals surface area (Å²) in [6.45, 7) is 0. The standard InChI is InChI=1S/C16H16BrNO2S/c17-14(9-11-5-7-13(8-6-11)18(19)20)16-10-12-3-1-2-4-15(12)21-16/h5-8,10,14H,1-4,9H2. The Hall–Kier alpha value is -1.20. The number of non-ortho nitro benzene ring substituents is 1. The van der Waals surface area contributed by atoms with E-state index in [2.05, 4.69) is 22.0 Å². The van der Waals surface area contributed by atoms with Crippen LogP contribution in [0.25, 0.3) is 0 Å². The first-order chi connectivity index (χ1) is 10.1.